The minimum atomic E-state index is -1.29. The van der Waals surface area contributed by atoms with Gasteiger partial charge in [-0.15, -0.1) is 11.3 Å². The number of hydrogen-bond acceptors (Lipinski definition) is 4. The molecule has 0 radical (unpaired) electrons. The molecule has 92 valence electrons. The highest BCUT2D eigenvalue weighted by atomic mass is 32.1. The molecule has 4 nitrogen and oxygen atoms in total. The van der Waals surface area contributed by atoms with E-state index in [9.17, 15) is 14.7 Å². The summed E-state index contributed by atoms with van der Waals surface area (Å²) in [5.74, 6) is -1.60. The zero-order valence-electron chi connectivity index (χ0n) is 9.60. The Labute approximate surface area is 108 Å². The molecule has 0 atom stereocenters. The summed E-state index contributed by atoms with van der Waals surface area (Å²) < 4.78 is 0. The van der Waals surface area contributed by atoms with E-state index >= 15 is 0 Å². The summed E-state index contributed by atoms with van der Waals surface area (Å²) in [7, 11) is 0. The van der Waals surface area contributed by atoms with E-state index in [1.54, 1.807) is 5.38 Å². The molecule has 0 fully saturated rings. The molecule has 1 aromatic heterocycles. The number of carbonyl (C=O) groups is 2. The van der Waals surface area contributed by atoms with Crippen molar-refractivity contribution in [2.75, 3.05) is 5.32 Å². The highest BCUT2D eigenvalue weighted by Crippen LogP contribution is 2.34. The minimum Gasteiger partial charge on any atom is -0.545 e. The molecule has 18 heavy (non-hydrogen) atoms. The van der Waals surface area contributed by atoms with E-state index in [0.717, 1.165) is 5.56 Å². The predicted molar refractivity (Wildman–Crippen MR) is 68.4 cm³/mol. The predicted octanol–water partition coefficient (Wildman–Crippen LogP) is 1.74. The molecule has 0 saturated carbocycles. The Hall–Kier alpha value is -2.14. The average molecular weight is 260 g/mol. The number of carbonyl (C=O) groups excluding carboxylic acids is 2. The first-order valence-electron chi connectivity index (χ1n) is 5.25. The second-order valence-electron chi connectivity index (χ2n) is 3.69. The zero-order valence-corrected chi connectivity index (χ0v) is 10.4. The lowest BCUT2D eigenvalue weighted by atomic mass is 10.0. The number of carboxylic acids is 1. The molecule has 0 saturated heterocycles. The molecule has 0 unspecified atom stereocenters. The SMILES string of the molecule is CC(=O)Nc1scc(-c2ccccc2)c1C(=O)[O-]. The maximum Gasteiger partial charge on any atom is 0.221 e. The lowest BCUT2D eigenvalue weighted by Crippen LogP contribution is -2.24. The Kier molecular flexibility index (Phi) is 3.43. The van der Waals surface area contributed by atoms with Crippen LogP contribution in [0.4, 0.5) is 5.00 Å². The van der Waals surface area contributed by atoms with Gasteiger partial charge in [0.15, 0.2) is 0 Å². The van der Waals surface area contributed by atoms with Gasteiger partial charge in [-0.25, -0.2) is 0 Å². The van der Waals surface area contributed by atoms with Gasteiger partial charge in [-0.2, -0.15) is 0 Å². The Morgan fingerprint density at radius 3 is 2.44 bits per heavy atom. The third-order valence-electron chi connectivity index (χ3n) is 2.37. The fraction of sp³-hybridized carbons (Fsp3) is 0.0769. The van der Waals surface area contributed by atoms with Crippen LogP contribution in [0.5, 0.6) is 0 Å². The Balaban J connectivity index is 2.52. The maximum absolute atomic E-state index is 11.2. The Morgan fingerprint density at radius 2 is 1.89 bits per heavy atom. The van der Waals surface area contributed by atoms with Crippen LogP contribution in [-0.4, -0.2) is 11.9 Å². The van der Waals surface area contributed by atoms with Gasteiger partial charge in [0.05, 0.1) is 5.97 Å². The van der Waals surface area contributed by atoms with Crippen LogP contribution in [0.3, 0.4) is 0 Å². The number of rotatable bonds is 3. The van der Waals surface area contributed by atoms with Crippen molar-refractivity contribution >= 4 is 28.2 Å². The monoisotopic (exact) mass is 260 g/mol. The van der Waals surface area contributed by atoms with Crippen molar-refractivity contribution in [2.45, 2.75) is 6.92 Å². The highest BCUT2D eigenvalue weighted by Gasteiger charge is 2.14. The number of anilines is 1. The quantitative estimate of drug-likeness (QED) is 0.913. The van der Waals surface area contributed by atoms with Crippen molar-refractivity contribution in [3.8, 4) is 11.1 Å². The lowest BCUT2D eigenvalue weighted by molar-refractivity contribution is -0.254. The van der Waals surface area contributed by atoms with Gasteiger partial charge in [0.25, 0.3) is 0 Å². The molecule has 2 rings (SSSR count). The fourth-order valence-corrected chi connectivity index (χ4v) is 2.65. The second-order valence-corrected chi connectivity index (χ2v) is 4.57. The van der Waals surface area contributed by atoms with Gasteiger partial charge in [0.1, 0.15) is 5.00 Å². The summed E-state index contributed by atoms with van der Waals surface area (Å²) >= 11 is 1.17. The molecule has 5 heteroatoms. The first-order chi connectivity index (χ1) is 8.59. The van der Waals surface area contributed by atoms with Crippen LogP contribution in [0.1, 0.15) is 17.3 Å². The summed E-state index contributed by atoms with van der Waals surface area (Å²) in [6, 6.07) is 9.12. The van der Waals surface area contributed by atoms with Crippen LogP contribution < -0.4 is 10.4 Å². The number of hydrogen-bond donors (Lipinski definition) is 1. The van der Waals surface area contributed by atoms with Crippen molar-refractivity contribution < 1.29 is 14.7 Å². The van der Waals surface area contributed by atoms with Gasteiger partial charge in [0, 0.05) is 23.4 Å². The normalized spacial score (nSPS) is 10.1. The Bertz CT molecular complexity index is 590. The molecular formula is C13H10NO3S-. The fourth-order valence-electron chi connectivity index (χ4n) is 1.64. The number of nitrogens with one attached hydrogen (secondary N) is 1. The minimum absolute atomic E-state index is 0.0291. The maximum atomic E-state index is 11.2. The Morgan fingerprint density at radius 1 is 1.22 bits per heavy atom. The topological polar surface area (TPSA) is 69.2 Å². The van der Waals surface area contributed by atoms with E-state index in [-0.39, 0.29) is 11.5 Å². The summed E-state index contributed by atoms with van der Waals surface area (Å²) in [4.78, 5) is 22.2. The van der Waals surface area contributed by atoms with Gasteiger partial charge >= 0.3 is 0 Å². The van der Waals surface area contributed by atoms with E-state index in [0.29, 0.717) is 10.6 Å². The van der Waals surface area contributed by atoms with E-state index in [1.807, 2.05) is 30.3 Å². The van der Waals surface area contributed by atoms with Crippen molar-refractivity contribution in [1.82, 2.24) is 0 Å². The van der Waals surface area contributed by atoms with E-state index in [4.69, 9.17) is 0 Å². The number of benzene rings is 1. The molecule has 2 aromatic rings. The first kappa shape index (κ1) is 12.3. The molecule has 0 bridgehead atoms. The standard InChI is InChI=1S/C13H11NO3S/c1-8(15)14-12-11(13(16)17)10(7-18-12)9-5-3-2-4-6-9/h2-7H,1H3,(H,14,15)(H,16,17)/p-1. The first-order valence-corrected chi connectivity index (χ1v) is 6.13. The highest BCUT2D eigenvalue weighted by molar-refractivity contribution is 7.15. The summed E-state index contributed by atoms with van der Waals surface area (Å²) in [6.07, 6.45) is 0. The van der Waals surface area contributed by atoms with Gasteiger partial charge in [-0.1, -0.05) is 30.3 Å². The third kappa shape index (κ3) is 2.41. The molecule has 1 heterocycles. The molecule has 0 aliphatic rings. The molecule has 1 N–H and O–H groups in total. The molecular weight excluding hydrogens is 250 g/mol. The van der Waals surface area contributed by atoms with E-state index in [1.165, 1.54) is 18.3 Å². The molecule has 1 aromatic carbocycles. The summed E-state index contributed by atoms with van der Waals surface area (Å²) in [5.41, 5.74) is 1.37. The number of amides is 1. The van der Waals surface area contributed by atoms with Gasteiger partial charge < -0.3 is 15.2 Å². The van der Waals surface area contributed by atoms with E-state index in [2.05, 4.69) is 5.32 Å². The van der Waals surface area contributed by atoms with Crippen LogP contribution in [-0.2, 0) is 4.79 Å². The van der Waals surface area contributed by atoms with Gasteiger partial charge in [-0.05, 0) is 5.56 Å². The van der Waals surface area contributed by atoms with Crippen LogP contribution >= 0.6 is 11.3 Å². The van der Waals surface area contributed by atoms with Crippen LogP contribution in [0.15, 0.2) is 35.7 Å². The number of aromatic carboxylic acids is 1. The molecule has 1 amide bonds. The van der Waals surface area contributed by atoms with Crippen LogP contribution in [0.2, 0.25) is 0 Å². The van der Waals surface area contributed by atoms with Crippen molar-refractivity contribution in [3.05, 3.63) is 41.3 Å². The van der Waals surface area contributed by atoms with Crippen molar-refractivity contribution in [2.24, 2.45) is 0 Å². The van der Waals surface area contributed by atoms with Crippen molar-refractivity contribution in [1.29, 1.82) is 0 Å². The van der Waals surface area contributed by atoms with Gasteiger partial charge in [-0.3, -0.25) is 4.79 Å². The third-order valence-corrected chi connectivity index (χ3v) is 3.26. The van der Waals surface area contributed by atoms with Crippen LogP contribution in [0, 0.1) is 0 Å². The molecule has 0 spiro atoms. The molecule has 0 aliphatic heterocycles. The number of thiophene rings is 1. The van der Waals surface area contributed by atoms with Crippen molar-refractivity contribution in [3.63, 3.8) is 0 Å². The average Bonchev–Trinajstić information content (AvgIpc) is 2.73. The zero-order chi connectivity index (χ0) is 13.1. The lowest BCUT2D eigenvalue weighted by Gasteiger charge is -2.08. The van der Waals surface area contributed by atoms with Gasteiger partial charge in [0.2, 0.25) is 5.91 Å². The molecule has 0 aliphatic carbocycles. The van der Waals surface area contributed by atoms with E-state index < -0.39 is 5.97 Å². The second kappa shape index (κ2) is 5.01. The largest absolute Gasteiger partial charge is 0.545 e. The summed E-state index contributed by atoms with van der Waals surface area (Å²) in [5, 5.41) is 15.7. The number of carboxylic acid groups (broad SMARTS) is 1. The van der Waals surface area contributed by atoms with Crippen LogP contribution in [0.25, 0.3) is 11.1 Å². The summed E-state index contributed by atoms with van der Waals surface area (Å²) in [6.45, 7) is 1.33. The smallest absolute Gasteiger partial charge is 0.221 e.